The summed E-state index contributed by atoms with van der Waals surface area (Å²) in [7, 11) is 0. The molecule has 116 valence electrons. The molecule has 2 heterocycles. The molecule has 1 saturated heterocycles. The molecule has 1 aliphatic heterocycles. The normalized spacial score (nSPS) is 16.3. The van der Waals surface area contributed by atoms with Gasteiger partial charge in [-0.05, 0) is 19.8 Å². The number of hydrogen-bond donors (Lipinski definition) is 2. The van der Waals surface area contributed by atoms with E-state index < -0.39 is 0 Å². The molecule has 0 radical (unpaired) electrons. The van der Waals surface area contributed by atoms with Crippen LogP contribution in [0.1, 0.15) is 55.8 Å². The van der Waals surface area contributed by atoms with Gasteiger partial charge in [-0.1, -0.05) is 13.8 Å². The molecule has 0 spiro atoms. The van der Waals surface area contributed by atoms with Crippen molar-refractivity contribution < 1.29 is 9.90 Å². The van der Waals surface area contributed by atoms with Gasteiger partial charge < -0.3 is 15.3 Å². The van der Waals surface area contributed by atoms with E-state index in [4.69, 9.17) is 0 Å². The first kappa shape index (κ1) is 15.7. The Hall–Kier alpha value is -1.69. The summed E-state index contributed by atoms with van der Waals surface area (Å²) in [6.45, 7) is 7.85. The van der Waals surface area contributed by atoms with Crippen LogP contribution in [0.2, 0.25) is 0 Å². The van der Waals surface area contributed by atoms with Gasteiger partial charge in [-0.25, -0.2) is 9.97 Å². The smallest absolute Gasteiger partial charge is 0.274 e. The number of carbonyl (C=O) groups is 1. The zero-order valence-electron chi connectivity index (χ0n) is 13.0. The number of rotatable bonds is 4. The Kier molecular flexibility index (Phi) is 5.12. The summed E-state index contributed by atoms with van der Waals surface area (Å²) in [5.41, 5.74) is 1.12. The molecule has 0 unspecified atom stereocenters. The van der Waals surface area contributed by atoms with Gasteiger partial charge in [-0.15, -0.1) is 0 Å². The Balaban J connectivity index is 2.26. The first-order valence-electron chi connectivity index (χ1n) is 7.61. The van der Waals surface area contributed by atoms with E-state index in [2.05, 4.69) is 15.3 Å². The predicted octanol–water partition coefficient (Wildman–Crippen LogP) is 1.63. The second-order valence-electron chi connectivity index (χ2n) is 5.70. The number of amides is 1. The topological polar surface area (TPSA) is 78.4 Å². The van der Waals surface area contributed by atoms with Gasteiger partial charge in [-0.2, -0.15) is 0 Å². The van der Waals surface area contributed by atoms with Crippen LogP contribution in [0.25, 0.3) is 0 Å². The van der Waals surface area contributed by atoms with Crippen LogP contribution < -0.4 is 5.32 Å². The van der Waals surface area contributed by atoms with Crippen molar-refractivity contribution in [2.24, 2.45) is 0 Å². The monoisotopic (exact) mass is 292 g/mol. The number of piperidine rings is 1. The molecule has 2 N–H and O–H groups in total. The summed E-state index contributed by atoms with van der Waals surface area (Å²) in [4.78, 5) is 23.2. The van der Waals surface area contributed by atoms with E-state index in [-0.39, 0.29) is 17.9 Å². The van der Waals surface area contributed by atoms with Crippen LogP contribution in [0.15, 0.2) is 6.20 Å². The highest BCUT2D eigenvalue weighted by atomic mass is 16.3. The van der Waals surface area contributed by atoms with Crippen molar-refractivity contribution in [1.29, 1.82) is 0 Å². The number of carbonyl (C=O) groups excluding carboxylic acids is 1. The maximum atomic E-state index is 12.7. The van der Waals surface area contributed by atoms with E-state index in [1.807, 2.05) is 20.8 Å². The van der Waals surface area contributed by atoms with Crippen LogP contribution in [0.3, 0.4) is 0 Å². The van der Waals surface area contributed by atoms with Gasteiger partial charge in [0.2, 0.25) is 0 Å². The number of anilines is 1. The molecule has 6 heteroatoms. The van der Waals surface area contributed by atoms with E-state index in [0.29, 0.717) is 49.7 Å². The fraction of sp³-hybridized carbons (Fsp3) is 0.667. The molecule has 0 saturated carbocycles. The highest BCUT2D eigenvalue weighted by Gasteiger charge is 2.25. The van der Waals surface area contributed by atoms with Gasteiger partial charge in [0.25, 0.3) is 5.91 Å². The Morgan fingerprint density at radius 1 is 1.48 bits per heavy atom. The zero-order chi connectivity index (χ0) is 15.4. The van der Waals surface area contributed by atoms with Gasteiger partial charge in [0.1, 0.15) is 5.82 Å². The minimum absolute atomic E-state index is 0.0813. The second kappa shape index (κ2) is 6.85. The average Bonchev–Trinajstić information content (AvgIpc) is 2.48. The Bertz CT molecular complexity index is 496. The van der Waals surface area contributed by atoms with E-state index in [1.54, 1.807) is 11.1 Å². The maximum absolute atomic E-state index is 12.7. The van der Waals surface area contributed by atoms with Crippen molar-refractivity contribution in [3.05, 3.63) is 17.7 Å². The SMILES string of the molecule is CCNc1cnc(C(C)C)nc1C(=O)N1CCC(O)CC1. The molecule has 1 fully saturated rings. The third kappa shape index (κ3) is 3.69. The van der Waals surface area contributed by atoms with E-state index in [9.17, 15) is 9.90 Å². The molecule has 2 rings (SSSR count). The Morgan fingerprint density at radius 2 is 2.14 bits per heavy atom. The fourth-order valence-electron chi connectivity index (χ4n) is 2.38. The zero-order valence-corrected chi connectivity index (χ0v) is 13.0. The number of aromatic nitrogens is 2. The quantitative estimate of drug-likeness (QED) is 0.882. The van der Waals surface area contributed by atoms with Crippen LogP contribution >= 0.6 is 0 Å². The van der Waals surface area contributed by atoms with Gasteiger partial charge >= 0.3 is 0 Å². The third-order valence-corrected chi connectivity index (χ3v) is 3.65. The van der Waals surface area contributed by atoms with Gasteiger partial charge in [0.05, 0.1) is 18.0 Å². The summed E-state index contributed by atoms with van der Waals surface area (Å²) >= 11 is 0. The fourth-order valence-corrected chi connectivity index (χ4v) is 2.38. The molecule has 1 aliphatic rings. The largest absolute Gasteiger partial charge is 0.393 e. The summed E-state index contributed by atoms with van der Waals surface area (Å²) in [5, 5.41) is 12.7. The standard InChI is InChI=1S/C15H24N4O2/c1-4-16-12-9-17-14(10(2)3)18-13(12)15(21)19-7-5-11(20)6-8-19/h9-11,16,20H,4-8H2,1-3H3. The molecular weight excluding hydrogens is 268 g/mol. The molecular formula is C15H24N4O2. The number of nitrogens with zero attached hydrogens (tertiary/aromatic N) is 3. The van der Waals surface area contributed by atoms with Crippen LogP contribution in [0.4, 0.5) is 5.69 Å². The third-order valence-electron chi connectivity index (χ3n) is 3.65. The number of aliphatic hydroxyl groups excluding tert-OH is 1. The summed E-state index contributed by atoms with van der Waals surface area (Å²) in [6, 6.07) is 0. The van der Waals surface area contributed by atoms with Crippen LogP contribution in [0, 0.1) is 0 Å². The highest BCUT2D eigenvalue weighted by Crippen LogP contribution is 2.20. The van der Waals surface area contributed by atoms with Crippen molar-refractivity contribution in [3.63, 3.8) is 0 Å². The van der Waals surface area contributed by atoms with Gasteiger partial charge in [0.15, 0.2) is 5.69 Å². The number of aliphatic hydroxyl groups is 1. The van der Waals surface area contributed by atoms with E-state index in [1.165, 1.54) is 0 Å². The number of likely N-dealkylation sites (tertiary alicyclic amines) is 1. The van der Waals surface area contributed by atoms with Crippen LogP contribution in [0.5, 0.6) is 0 Å². The maximum Gasteiger partial charge on any atom is 0.274 e. The summed E-state index contributed by atoms with van der Waals surface area (Å²) in [6.07, 6.45) is 2.66. The Labute approximate surface area is 125 Å². The lowest BCUT2D eigenvalue weighted by molar-refractivity contribution is 0.0542. The van der Waals surface area contributed by atoms with Gasteiger partial charge in [0, 0.05) is 25.6 Å². The minimum Gasteiger partial charge on any atom is -0.393 e. The molecule has 0 aromatic carbocycles. The minimum atomic E-state index is -0.293. The van der Waals surface area contributed by atoms with Crippen LogP contribution in [-0.4, -0.2) is 51.6 Å². The van der Waals surface area contributed by atoms with Crippen molar-refractivity contribution >= 4 is 11.6 Å². The number of nitrogens with one attached hydrogen (secondary N) is 1. The summed E-state index contributed by atoms with van der Waals surface area (Å²) in [5.74, 6) is 0.773. The van der Waals surface area contributed by atoms with Crippen molar-refractivity contribution in [1.82, 2.24) is 14.9 Å². The predicted molar refractivity (Wildman–Crippen MR) is 81.4 cm³/mol. The molecule has 1 aromatic heterocycles. The molecule has 1 aromatic rings. The highest BCUT2D eigenvalue weighted by molar-refractivity contribution is 5.97. The first-order valence-corrected chi connectivity index (χ1v) is 7.61. The molecule has 1 amide bonds. The molecule has 0 bridgehead atoms. The van der Waals surface area contributed by atoms with E-state index >= 15 is 0 Å². The molecule has 21 heavy (non-hydrogen) atoms. The summed E-state index contributed by atoms with van der Waals surface area (Å²) < 4.78 is 0. The number of hydrogen-bond acceptors (Lipinski definition) is 5. The second-order valence-corrected chi connectivity index (χ2v) is 5.70. The molecule has 6 nitrogen and oxygen atoms in total. The van der Waals surface area contributed by atoms with E-state index in [0.717, 1.165) is 0 Å². The van der Waals surface area contributed by atoms with Crippen molar-refractivity contribution in [3.8, 4) is 0 Å². The van der Waals surface area contributed by atoms with Crippen molar-refractivity contribution in [2.75, 3.05) is 25.0 Å². The van der Waals surface area contributed by atoms with Crippen LogP contribution in [-0.2, 0) is 0 Å². The Morgan fingerprint density at radius 3 is 2.71 bits per heavy atom. The lowest BCUT2D eigenvalue weighted by Crippen LogP contribution is -2.40. The lowest BCUT2D eigenvalue weighted by atomic mass is 10.1. The average molecular weight is 292 g/mol. The molecule has 0 atom stereocenters. The lowest BCUT2D eigenvalue weighted by Gasteiger charge is -2.29. The van der Waals surface area contributed by atoms with Gasteiger partial charge in [-0.3, -0.25) is 4.79 Å². The first-order chi connectivity index (χ1) is 10.0. The molecule has 0 aliphatic carbocycles. The van der Waals surface area contributed by atoms with Crippen molar-refractivity contribution in [2.45, 2.75) is 45.6 Å².